The number of thiazole rings is 1. The summed E-state index contributed by atoms with van der Waals surface area (Å²) in [6, 6.07) is 17.9. The molecule has 0 fully saturated rings. The maximum Gasteiger partial charge on any atom is 0.364 e. The number of hydrogen-bond acceptors (Lipinski definition) is 5. The Morgan fingerprint density at radius 3 is 2.44 bits per heavy atom. The van der Waals surface area contributed by atoms with Gasteiger partial charge in [0, 0.05) is 21.4 Å². The van der Waals surface area contributed by atoms with Gasteiger partial charge in [-0.05, 0) is 23.6 Å². The van der Waals surface area contributed by atoms with E-state index in [9.17, 15) is 8.42 Å². The van der Waals surface area contributed by atoms with Crippen molar-refractivity contribution in [1.82, 2.24) is 4.98 Å². The standard InChI is InChI=1S/C19H9N3O2S3/c23-27(24)21-17-11-5-3-4-10-14(9-8-12(16(10)11)18(17)22-27)25-19-20-13-6-1-2-7-15(13)26-19/h1-9H. The first-order chi connectivity index (χ1) is 13.1. The van der Waals surface area contributed by atoms with E-state index in [0.29, 0.717) is 11.4 Å². The van der Waals surface area contributed by atoms with Crippen molar-refractivity contribution in [1.29, 1.82) is 0 Å². The van der Waals surface area contributed by atoms with Crippen LogP contribution in [0.4, 0.5) is 0 Å². The fourth-order valence-electron chi connectivity index (χ4n) is 3.54. The van der Waals surface area contributed by atoms with Crippen LogP contribution in [0, 0.1) is 0 Å². The van der Waals surface area contributed by atoms with Gasteiger partial charge in [-0.3, -0.25) is 0 Å². The van der Waals surface area contributed by atoms with Crippen LogP contribution in [-0.4, -0.2) is 24.8 Å². The second-order valence-corrected chi connectivity index (χ2v) is 9.80. The second-order valence-electron chi connectivity index (χ2n) is 6.22. The first-order valence-corrected chi connectivity index (χ1v) is 11.2. The first kappa shape index (κ1) is 15.5. The Balaban J connectivity index is 1.54. The van der Waals surface area contributed by atoms with Gasteiger partial charge in [0.25, 0.3) is 0 Å². The van der Waals surface area contributed by atoms with Gasteiger partial charge in [-0.1, -0.05) is 48.2 Å². The summed E-state index contributed by atoms with van der Waals surface area (Å²) in [5.74, 6) is 0. The van der Waals surface area contributed by atoms with Gasteiger partial charge in [-0.15, -0.1) is 20.1 Å². The molecule has 8 heteroatoms. The highest BCUT2D eigenvalue weighted by Gasteiger charge is 2.35. The molecule has 4 aromatic rings. The van der Waals surface area contributed by atoms with Gasteiger partial charge < -0.3 is 0 Å². The van der Waals surface area contributed by atoms with E-state index in [1.807, 2.05) is 42.5 Å². The van der Waals surface area contributed by atoms with Crippen molar-refractivity contribution in [2.75, 3.05) is 0 Å². The minimum Gasteiger partial charge on any atom is -0.229 e. The quantitative estimate of drug-likeness (QED) is 0.492. The van der Waals surface area contributed by atoms with Crippen LogP contribution in [0.15, 0.2) is 72.6 Å². The van der Waals surface area contributed by atoms with Gasteiger partial charge in [-0.25, -0.2) is 4.98 Å². The van der Waals surface area contributed by atoms with Crippen LogP contribution < -0.4 is 0 Å². The molecule has 1 aliphatic heterocycles. The molecule has 130 valence electrons. The van der Waals surface area contributed by atoms with Gasteiger partial charge in [0.05, 0.1) is 10.2 Å². The lowest BCUT2D eigenvalue weighted by Crippen LogP contribution is -2.05. The van der Waals surface area contributed by atoms with Crippen LogP contribution in [-0.2, 0) is 10.2 Å². The normalized spacial score (nSPS) is 16.6. The van der Waals surface area contributed by atoms with Crippen molar-refractivity contribution in [2.24, 2.45) is 8.80 Å². The van der Waals surface area contributed by atoms with Crippen LogP contribution in [0.3, 0.4) is 0 Å². The van der Waals surface area contributed by atoms with Gasteiger partial charge in [0.2, 0.25) is 0 Å². The maximum atomic E-state index is 11.8. The topological polar surface area (TPSA) is 71.8 Å². The molecule has 0 N–H and O–H groups in total. The van der Waals surface area contributed by atoms with Gasteiger partial charge >= 0.3 is 10.2 Å². The molecular weight excluding hydrogens is 398 g/mol. The predicted molar refractivity (Wildman–Crippen MR) is 110 cm³/mol. The zero-order valence-corrected chi connectivity index (χ0v) is 16.0. The Bertz CT molecular complexity index is 1400. The Labute approximate surface area is 162 Å². The third kappa shape index (κ3) is 2.24. The second kappa shape index (κ2) is 5.25. The number of rotatable bonds is 2. The molecule has 1 aromatic heterocycles. The zero-order chi connectivity index (χ0) is 18.2. The average molecular weight is 408 g/mol. The molecular formula is C19H9N3O2S3. The summed E-state index contributed by atoms with van der Waals surface area (Å²) in [4.78, 5) is 5.79. The molecule has 0 spiro atoms. The van der Waals surface area contributed by atoms with E-state index in [4.69, 9.17) is 4.98 Å². The minimum absolute atomic E-state index is 0.456. The van der Waals surface area contributed by atoms with E-state index < -0.39 is 10.2 Å². The summed E-state index contributed by atoms with van der Waals surface area (Å²) < 4.78 is 33.4. The van der Waals surface area contributed by atoms with Crippen LogP contribution >= 0.6 is 23.1 Å². The average Bonchev–Trinajstić information content (AvgIpc) is 3.28. The maximum absolute atomic E-state index is 11.8. The summed E-state index contributed by atoms with van der Waals surface area (Å²) >= 11 is 3.29. The van der Waals surface area contributed by atoms with E-state index in [-0.39, 0.29) is 0 Å². The number of fused-ring (bicyclic) bond motifs is 4. The molecule has 0 saturated carbocycles. The highest BCUT2D eigenvalue weighted by Crippen LogP contribution is 2.42. The van der Waals surface area contributed by atoms with Crippen molar-refractivity contribution in [3.8, 4) is 0 Å². The monoisotopic (exact) mass is 407 g/mol. The molecule has 1 aliphatic carbocycles. The fraction of sp³-hybridized carbons (Fsp3) is 0. The molecule has 5 nitrogen and oxygen atoms in total. The van der Waals surface area contributed by atoms with Gasteiger partial charge in [0.15, 0.2) is 4.34 Å². The van der Waals surface area contributed by atoms with Crippen LogP contribution in [0.1, 0.15) is 11.1 Å². The lowest BCUT2D eigenvalue weighted by molar-refractivity contribution is 0.601. The molecule has 2 aliphatic rings. The Morgan fingerprint density at radius 2 is 1.63 bits per heavy atom. The molecule has 0 bridgehead atoms. The van der Waals surface area contributed by atoms with E-state index in [2.05, 4.69) is 20.9 Å². The summed E-state index contributed by atoms with van der Waals surface area (Å²) in [6.45, 7) is 0. The number of nitrogens with zero attached hydrogens (tertiary/aromatic N) is 3. The highest BCUT2D eigenvalue weighted by molar-refractivity contribution is 8.01. The lowest BCUT2D eigenvalue weighted by Gasteiger charge is -2.06. The lowest BCUT2D eigenvalue weighted by atomic mass is 10.1. The predicted octanol–water partition coefficient (Wildman–Crippen LogP) is 4.45. The van der Waals surface area contributed by atoms with E-state index >= 15 is 0 Å². The van der Waals surface area contributed by atoms with E-state index in [0.717, 1.165) is 41.4 Å². The molecule has 0 atom stereocenters. The number of para-hydroxylation sites is 1. The smallest absolute Gasteiger partial charge is 0.229 e. The Kier molecular flexibility index (Phi) is 3.01. The molecule has 0 saturated heterocycles. The summed E-state index contributed by atoms with van der Waals surface area (Å²) in [6.07, 6.45) is 0. The van der Waals surface area contributed by atoms with Crippen molar-refractivity contribution in [3.63, 3.8) is 0 Å². The Morgan fingerprint density at radius 1 is 0.852 bits per heavy atom. The molecule has 6 rings (SSSR count). The SMILES string of the molecule is O=S1(=O)N=C2C(=N1)c1ccc(Sc3nc4ccccc4s3)c3cccc2c13. The third-order valence-corrected chi connectivity index (χ3v) is 7.62. The third-order valence-electron chi connectivity index (χ3n) is 4.62. The summed E-state index contributed by atoms with van der Waals surface area (Å²) in [5.41, 5.74) is 3.57. The molecule has 3 aromatic carbocycles. The van der Waals surface area contributed by atoms with Crippen molar-refractivity contribution in [3.05, 3.63) is 65.7 Å². The minimum atomic E-state index is -3.76. The van der Waals surface area contributed by atoms with E-state index in [1.54, 1.807) is 23.1 Å². The Hall–Kier alpha value is -2.55. The summed E-state index contributed by atoms with van der Waals surface area (Å²) in [7, 11) is -3.76. The van der Waals surface area contributed by atoms with Crippen molar-refractivity contribution in [2.45, 2.75) is 9.24 Å². The molecule has 0 unspecified atom stereocenters. The van der Waals surface area contributed by atoms with Crippen LogP contribution in [0.5, 0.6) is 0 Å². The number of benzene rings is 3. The van der Waals surface area contributed by atoms with Crippen molar-refractivity contribution < 1.29 is 8.42 Å². The molecule has 2 heterocycles. The van der Waals surface area contributed by atoms with E-state index in [1.165, 1.54) is 0 Å². The van der Waals surface area contributed by atoms with Crippen LogP contribution in [0.2, 0.25) is 0 Å². The zero-order valence-electron chi connectivity index (χ0n) is 13.6. The molecule has 0 radical (unpaired) electrons. The highest BCUT2D eigenvalue weighted by atomic mass is 32.2. The van der Waals surface area contributed by atoms with Gasteiger partial charge in [0.1, 0.15) is 11.4 Å². The number of hydrogen-bond donors (Lipinski definition) is 0. The largest absolute Gasteiger partial charge is 0.364 e. The number of aromatic nitrogens is 1. The van der Waals surface area contributed by atoms with Gasteiger partial charge in [-0.2, -0.15) is 8.42 Å². The summed E-state index contributed by atoms with van der Waals surface area (Å²) in [5, 5.41) is 2.07. The molecule has 27 heavy (non-hydrogen) atoms. The first-order valence-electron chi connectivity index (χ1n) is 8.14. The fourth-order valence-corrected chi connectivity index (χ4v) is 6.57. The molecule has 0 amide bonds. The van der Waals surface area contributed by atoms with Crippen LogP contribution in [0.25, 0.3) is 21.0 Å². The van der Waals surface area contributed by atoms with Crippen molar-refractivity contribution >= 4 is 65.7 Å².